The summed E-state index contributed by atoms with van der Waals surface area (Å²) >= 11 is 5.48. The molecule has 4 heteroatoms. The first-order valence-corrected chi connectivity index (χ1v) is 4.84. The summed E-state index contributed by atoms with van der Waals surface area (Å²) in [6, 6.07) is 3.85. The summed E-state index contributed by atoms with van der Waals surface area (Å²) in [5.41, 5.74) is 0.468. The van der Waals surface area contributed by atoms with E-state index in [1.165, 1.54) is 18.2 Å². The van der Waals surface area contributed by atoms with E-state index in [9.17, 15) is 13.9 Å². The van der Waals surface area contributed by atoms with Crippen LogP contribution in [0.4, 0.5) is 8.78 Å². The molecule has 0 saturated heterocycles. The minimum Gasteiger partial charge on any atom is -0.508 e. The third-order valence-electron chi connectivity index (χ3n) is 1.94. The van der Waals surface area contributed by atoms with Crippen LogP contribution in [0.2, 0.25) is 0 Å². The molecule has 0 atom stereocenters. The first kappa shape index (κ1) is 11.2. The highest BCUT2D eigenvalue weighted by Gasteiger charge is 2.09. The quantitative estimate of drug-likeness (QED) is 0.770. The van der Waals surface area contributed by atoms with Crippen molar-refractivity contribution in [3.05, 3.63) is 29.3 Å². The largest absolute Gasteiger partial charge is 0.508 e. The van der Waals surface area contributed by atoms with Gasteiger partial charge in [0.25, 0.3) is 6.43 Å². The molecule has 0 saturated carbocycles. The van der Waals surface area contributed by atoms with Gasteiger partial charge in [-0.25, -0.2) is 8.78 Å². The van der Waals surface area contributed by atoms with Gasteiger partial charge in [-0.2, -0.15) is 0 Å². The van der Waals surface area contributed by atoms with Crippen LogP contribution in [-0.4, -0.2) is 11.0 Å². The Kier molecular flexibility index (Phi) is 4.14. The second kappa shape index (κ2) is 5.15. The first-order valence-electron chi connectivity index (χ1n) is 4.31. The highest BCUT2D eigenvalue weighted by Crippen LogP contribution is 2.26. The van der Waals surface area contributed by atoms with Crippen LogP contribution in [0.25, 0.3) is 0 Å². The molecule has 1 aromatic rings. The van der Waals surface area contributed by atoms with Crippen molar-refractivity contribution in [1.82, 2.24) is 0 Å². The van der Waals surface area contributed by atoms with Gasteiger partial charge < -0.3 is 5.11 Å². The number of benzene rings is 1. The highest BCUT2D eigenvalue weighted by atomic mass is 35.5. The molecule has 0 aromatic heterocycles. The molecule has 0 unspecified atom stereocenters. The molecular formula is C10H11ClF2O. The molecule has 0 fully saturated rings. The number of hydrogen-bond donors (Lipinski definition) is 1. The SMILES string of the molecule is Oc1ccc(C(F)F)cc1CCCCl. The normalized spacial score (nSPS) is 10.9. The summed E-state index contributed by atoms with van der Waals surface area (Å²) < 4.78 is 24.6. The van der Waals surface area contributed by atoms with E-state index in [4.69, 9.17) is 11.6 Å². The minimum absolute atomic E-state index is 0.0551. The molecule has 14 heavy (non-hydrogen) atoms. The summed E-state index contributed by atoms with van der Waals surface area (Å²) in [6.07, 6.45) is -1.30. The van der Waals surface area contributed by atoms with Gasteiger partial charge in [0, 0.05) is 11.4 Å². The standard InChI is InChI=1S/C10H11ClF2O/c11-5-1-2-7-6-8(10(12)13)3-4-9(7)14/h3-4,6,10,14H,1-2,5H2. The van der Waals surface area contributed by atoms with Gasteiger partial charge in [-0.15, -0.1) is 11.6 Å². The lowest BCUT2D eigenvalue weighted by Crippen LogP contribution is -1.91. The Morgan fingerprint density at radius 1 is 1.36 bits per heavy atom. The minimum atomic E-state index is -2.50. The number of aryl methyl sites for hydroxylation is 1. The summed E-state index contributed by atoms with van der Waals surface area (Å²) in [5, 5.41) is 9.36. The Labute approximate surface area is 86.3 Å². The van der Waals surface area contributed by atoms with E-state index in [-0.39, 0.29) is 11.3 Å². The molecule has 0 aliphatic rings. The summed E-state index contributed by atoms with van der Waals surface area (Å²) in [5.74, 6) is 0.512. The lowest BCUT2D eigenvalue weighted by molar-refractivity contribution is 0.151. The fourth-order valence-corrected chi connectivity index (χ4v) is 1.33. The van der Waals surface area contributed by atoms with Crippen molar-refractivity contribution < 1.29 is 13.9 Å². The third-order valence-corrected chi connectivity index (χ3v) is 2.20. The van der Waals surface area contributed by atoms with Crippen LogP contribution in [0.3, 0.4) is 0 Å². The van der Waals surface area contributed by atoms with Crippen LogP contribution in [0.5, 0.6) is 5.75 Å². The van der Waals surface area contributed by atoms with Gasteiger partial charge in [0.1, 0.15) is 5.75 Å². The zero-order valence-electron chi connectivity index (χ0n) is 7.51. The Bertz CT molecular complexity index is 302. The number of hydrogen-bond acceptors (Lipinski definition) is 1. The third kappa shape index (κ3) is 2.84. The maximum absolute atomic E-state index is 12.3. The molecule has 1 rings (SSSR count). The van der Waals surface area contributed by atoms with Gasteiger partial charge >= 0.3 is 0 Å². The van der Waals surface area contributed by atoms with Crippen LogP contribution in [0.1, 0.15) is 24.0 Å². The van der Waals surface area contributed by atoms with Gasteiger partial charge in [-0.3, -0.25) is 0 Å². The van der Waals surface area contributed by atoms with Crippen molar-refractivity contribution in [2.24, 2.45) is 0 Å². The first-order chi connectivity index (χ1) is 6.65. The maximum Gasteiger partial charge on any atom is 0.263 e. The number of phenolic OH excluding ortho intramolecular Hbond substituents is 1. The lowest BCUT2D eigenvalue weighted by Gasteiger charge is -2.06. The van der Waals surface area contributed by atoms with Crippen LogP contribution < -0.4 is 0 Å². The van der Waals surface area contributed by atoms with Crippen molar-refractivity contribution in [2.45, 2.75) is 19.3 Å². The molecule has 0 amide bonds. The summed E-state index contributed by atoms with van der Waals surface area (Å²) in [6.45, 7) is 0. The Morgan fingerprint density at radius 3 is 2.64 bits per heavy atom. The molecule has 0 aliphatic carbocycles. The van der Waals surface area contributed by atoms with Crippen molar-refractivity contribution in [2.75, 3.05) is 5.88 Å². The topological polar surface area (TPSA) is 20.2 Å². The highest BCUT2D eigenvalue weighted by molar-refractivity contribution is 6.17. The van der Waals surface area contributed by atoms with Crippen molar-refractivity contribution in [3.8, 4) is 5.75 Å². The molecule has 1 aromatic carbocycles. The van der Waals surface area contributed by atoms with Gasteiger partial charge in [-0.1, -0.05) is 0 Å². The molecule has 1 nitrogen and oxygen atoms in total. The van der Waals surface area contributed by atoms with Crippen LogP contribution in [0, 0.1) is 0 Å². The van der Waals surface area contributed by atoms with E-state index in [0.717, 1.165) is 0 Å². The van der Waals surface area contributed by atoms with E-state index >= 15 is 0 Å². The average molecular weight is 221 g/mol. The average Bonchev–Trinajstić information content (AvgIpc) is 2.16. The van der Waals surface area contributed by atoms with Gasteiger partial charge in [0.05, 0.1) is 0 Å². The van der Waals surface area contributed by atoms with E-state index in [0.29, 0.717) is 24.3 Å². The smallest absolute Gasteiger partial charge is 0.263 e. The zero-order valence-corrected chi connectivity index (χ0v) is 8.27. The van der Waals surface area contributed by atoms with Crippen molar-refractivity contribution in [3.63, 3.8) is 0 Å². The summed E-state index contributed by atoms with van der Waals surface area (Å²) in [7, 11) is 0. The van der Waals surface area contributed by atoms with E-state index in [1.54, 1.807) is 0 Å². The molecular weight excluding hydrogens is 210 g/mol. The molecule has 0 heterocycles. The molecule has 0 spiro atoms. The number of phenols is 1. The predicted octanol–water partition coefficient (Wildman–Crippen LogP) is 3.50. The monoisotopic (exact) mass is 220 g/mol. The van der Waals surface area contributed by atoms with E-state index in [2.05, 4.69) is 0 Å². The number of rotatable bonds is 4. The van der Waals surface area contributed by atoms with E-state index < -0.39 is 6.43 Å². The van der Waals surface area contributed by atoms with E-state index in [1.807, 2.05) is 0 Å². The second-order valence-corrected chi connectivity index (χ2v) is 3.36. The Hall–Kier alpha value is -0.830. The van der Waals surface area contributed by atoms with Gasteiger partial charge in [-0.05, 0) is 36.6 Å². The fourth-order valence-electron chi connectivity index (χ4n) is 1.20. The van der Waals surface area contributed by atoms with Gasteiger partial charge in [0.15, 0.2) is 0 Å². The number of halogens is 3. The molecule has 0 radical (unpaired) electrons. The van der Waals surface area contributed by atoms with Crippen molar-refractivity contribution in [1.29, 1.82) is 0 Å². The maximum atomic E-state index is 12.3. The molecule has 0 aliphatic heterocycles. The van der Waals surface area contributed by atoms with Crippen LogP contribution >= 0.6 is 11.6 Å². The lowest BCUT2D eigenvalue weighted by atomic mass is 10.1. The Morgan fingerprint density at radius 2 is 2.07 bits per heavy atom. The van der Waals surface area contributed by atoms with Crippen LogP contribution in [0.15, 0.2) is 18.2 Å². The zero-order chi connectivity index (χ0) is 10.6. The molecule has 78 valence electrons. The van der Waals surface area contributed by atoms with Crippen molar-refractivity contribution >= 4 is 11.6 Å². The predicted molar refractivity (Wildman–Crippen MR) is 52.1 cm³/mol. The number of aromatic hydroxyl groups is 1. The number of alkyl halides is 3. The Balaban J connectivity index is 2.85. The van der Waals surface area contributed by atoms with Crippen LogP contribution in [-0.2, 0) is 6.42 Å². The molecule has 1 N–H and O–H groups in total. The summed E-state index contributed by atoms with van der Waals surface area (Å²) in [4.78, 5) is 0. The molecule has 0 bridgehead atoms. The fraction of sp³-hybridized carbons (Fsp3) is 0.400. The second-order valence-electron chi connectivity index (χ2n) is 2.98. The van der Waals surface area contributed by atoms with Gasteiger partial charge in [0.2, 0.25) is 0 Å².